The van der Waals surface area contributed by atoms with Crippen LogP contribution in [-0.2, 0) is 28.8 Å². The summed E-state index contributed by atoms with van der Waals surface area (Å²) in [6.45, 7) is 5.11. The Morgan fingerprint density at radius 3 is 1.18 bits per heavy atom. The summed E-state index contributed by atoms with van der Waals surface area (Å²) >= 11 is 1.08. The van der Waals surface area contributed by atoms with E-state index in [-0.39, 0.29) is 37.2 Å². The molecule has 0 aliphatic rings. The largest absolute Gasteiger partial charge is 0.394 e. The van der Waals surface area contributed by atoms with Crippen molar-refractivity contribution in [3.8, 4) is 0 Å². The molecule has 0 aliphatic heterocycles. The SMILES string of the molecule is CCCCCCCCCCCCCCCC(=O)C(O)[C@]([C]=O)(C(=O)CCCCCCCCCCCCCCC)N(C(=O)CCCCCCCCCCCCCCC)C(=O)[C@H](CO)NC(=O)[C@@H](N)CSCC(O)CO. The minimum atomic E-state index is -3.05. The third kappa shape index (κ3) is 34.5. The van der Waals surface area contributed by atoms with E-state index in [2.05, 4.69) is 26.1 Å². The maximum Gasteiger partial charge on any atom is 0.255 e. The smallest absolute Gasteiger partial charge is 0.255 e. The molecule has 0 saturated heterocycles. The van der Waals surface area contributed by atoms with Crippen LogP contribution < -0.4 is 11.1 Å². The van der Waals surface area contributed by atoms with E-state index in [1.807, 2.05) is 0 Å². The second-order valence-electron chi connectivity index (χ2n) is 21.4. The first-order valence-electron chi connectivity index (χ1n) is 30.5. The van der Waals surface area contributed by atoms with E-state index >= 15 is 0 Å². The molecule has 13 nitrogen and oxygen atoms in total. The molecule has 0 aliphatic carbocycles. The van der Waals surface area contributed by atoms with Gasteiger partial charge in [-0.25, -0.2) is 0 Å². The van der Waals surface area contributed by atoms with Gasteiger partial charge in [0.2, 0.25) is 23.6 Å². The molecular weight excluding hydrogens is 955 g/mol. The number of rotatable bonds is 56. The first-order valence-corrected chi connectivity index (χ1v) is 31.6. The quantitative estimate of drug-likeness (QED) is 0.0247. The second-order valence-corrected chi connectivity index (χ2v) is 22.5. The summed E-state index contributed by atoms with van der Waals surface area (Å²) in [5.74, 6) is -5.03. The van der Waals surface area contributed by atoms with Crippen LogP contribution >= 0.6 is 11.8 Å². The Labute approximate surface area is 455 Å². The molecule has 2 unspecified atom stereocenters. The van der Waals surface area contributed by atoms with Crippen LogP contribution in [0.15, 0.2) is 0 Å². The van der Waals surface area contributed by atoms with E-state index in [4.69, 9.17) is 5.73 Å². The molecule has 7 N–H and O–H groups in total. The molecular formula is C60H112N3O10S. The Bertz CT molecular complexity index is 1410. The van der Waals surface area contributed by atoms with E-state index in [1.165, 1.54) is 135 Å². The highest BCUT2D eigenvalue weighted by atomic mass is 32.2. The van der Waals surface area contributed by atoms with Gasteiger partial charge in [0, 0.05) is 30.8 Å². The summed E-state index contributed by atoms with van der Waals surface area (Å²) < 4.78 is 0. The monoisotopic (exact) mass is 1070 g/mol. The molecule has 0 aromatic rings. The molecule has 0 aromatic carbocycles. The molecule has 5 atom stereocenters. The lowest BCUT2D eigenvalue weighted by Gasteiger charge is -2.40. The summed E-state index contributed by atoms with van der Waals surface area (Å²) in [5.41, 5.74) is 3.06. The zero-order chi connectivity index (χ0) is 54.9. The lowest BCUT2D eigenvalue weighted by Crippen LogP contribution is -2.71. The van der Waals surface area contributed by atoms with Gasteiger partial charge in [0.15, 0.2) is 17.7 Å². The maximum absolute atomic E-state index is 14.7. The fourth-order valence-electron chi connectivity index (χ4n) is 9.72. The van der Waals surface area contributed by atoms with Gasteiger partial charge >= 0.3 is 0 Å². The summed E-state index contributed by atoms with van der Waals surface area (Å²) in [4.78, 5) is 85.3. The molecule has 1 radical (unpaired) electrons. The third-order valence-corrected chi connectivity index (χ3v) is 15.8. The number of amides is 3. The average Bonchev–Trinajstić information content (AvgIpc) is 3.40. The van der Waals surface area contributed by atoms with Crippen LogP contribution in [0.5, 0.6) is 0 Å². The van der Waals surface area contributed by atoms with Gasteiger partial charge in [-0.3, -0.25) is 33.7 Å². The van der Waals surface area contributed by atoms with Crippen molar-refractivity contribution >= 4 is 47.3 Å². The Morgan fingerprint density at radius 2 is 0.838 bits per heavy atom. The van der Waals surface area contributed by atoms with Gasteiger partial charge in [-0.15, -0.1) is 0 Å². The zero-order valence-electron chi connectivity index (χ0n) is 47.5. The van der Waals surface area contributed by atoms with Gasteiger partial charge in [-0.2, -0.15) is 11.8 Å². The number of hydrogen-bond donors (Lipinski definition) is 6. The van der Waals surface area contributed by atoms with Crippen molar-refractivity contribution < 1.29 is 49.2 Å². The van der Waals surface area contributed by atoms with Crippen molar-refractivity contribution in [2.45, 2.75) is 320 Å². The molecule has 74 heavy (non-hydrogen) atoms. The molecule has 0 bridgehead atoms. The van der Waals surface area contributed by atoms with Gasteiger partial charge in [0.1, 0.15) is 6.04 Å². The third-order valence-electron chi connectivity index (χ3n) is 14.6. The van der Waals surface area contributed by atoms with Gasteiger partial charge in [-0.1, -0.05) is 252 Å². The summed E-state index contributed by atoms with van der Waals surface area (Å²) in [6, 6.07) is -3.13. The fraction of sp³-hybridized carbons (Fsp3) is 0.900. The molecule has 0 rings (SSSR count). The first-order chi connectivity index (χ1) is 35.9. The molecule has 3 amide bonds. The van der Waals surface area contributed by atoms with Crippen molar-refractivity contribution in [2.75, 3.05) is 24.7 Å². The first kappa shape index (κ1) is 71.8. The summed E-state index contributed by atoms with van der Waals surface area (Å²) in [5, 5.41) is 43.9. The Hall–Kier alpha value is -2.23. The number of hydrogen-bond acceptors (Lipinski definition) is 12. The molecule has 0 fully saturated rings. The zero-order valence-corrected chi connectivity index (χ0v) is 48.3. The number of aliphatic hydroxyl groups excluding tert-OH is 4. The summed E-state index contributed by atoms with van der Waals surface area (Å²) in [6.07, 6.45) is 38.5. The van der Waals surface area contributed by atoms with Crippen LogP contribution in [0.2, 0.25) is 0 Å². The average molecular weight is 1070 g/mol. The predicted octanol–water partition coefficient (Wildman–Crippen LogP) is 12.0. The van der Waals surface area contributed by atoms with Gasteiger partial charge in [-0.05, 0) is 19.3 Å². The van der Waals surface area contributed by atoms with Crippen LogP contribution in [0.4, 0.5) is 0 Å². The van der Waals surface area contributed by atoms with Crippen LogP contribution in [0.25, 0.3) is 0 Å². The van der Waals surface area contributed by atoms with Gasteiger partial charge < -0.3 is 31.5 Å². The highest BCUT2D eigenvalue weighted by Gasteiger charge is 2.58. The Balaban J connectivity index is 6.31. The standard InChI is InChI=1S/C60H112N3O10S/c1-4-7-10-13-16-19-22-25-28-31-34-37-40-43-54(68)57(71)60(50-66,55(69)44-41-38-35-32-29-26-23-20-17-14-11-8-5-2)63(56(70)45-42-39-36-33-30-27-24-21-18-15-12-9-6-3)59(73)53(47-65)62-58(72)52(61)49-74-48-51(67)46-64/h51-53,57,64-65,67,71H,4-49,61H2,1-3H3,(H,62,72)/t51?,52-,53-,57?,60-/m0/s1. The van der Waals surface area contributed by atoms with Crippen molar-refractivity contribution in [3.05, 3.63) is 0 Å². The number of nitrogens with two attached hydrogens (primary N) is 1. The van der Waals surface area contributed by atoms with Crippen LogP contribution in [0, 0.1) is 0 Å². The van der Waals surface area contributed by atoms with Crippen molar-refractivity contribution in [3.63, 3.8) is 0 Å². The second kappa shape index (κ2) is 50.3. The van der Waals surface area contributed by atoms with Crippen molar-refractivity contribution in [1.82, 2.24) is 10.2 Å². The number of aliphatic hydroxyl groups is 4. The van der Waals surface area contributed by atoms with Gasteiger partial charge in [0.25, 0.3) is 5.91 Å². The lowest BCUT2D eigenvalue weighted by molar-refractivity contribution is -0.164. The van der Waals surface area contributed by atoms with Gasteiger partial charge in [0.05, 0.1) is 25.4 Å². The van der Waals surface area contributed by atoms with E-state index in [0.717, 1.165) is 88.8 Å². The Morgan fingerprint density at radius 1 is 0.500 bits per heavy atom. The number of ketones is 2. The van der Waals surface area contributed by atoms with Crippen LogP contribution in [0.1, 0.15) is 290 Å². The molecule has 0 saturated carbocycles. The summed E-state index contributed by atoms with van der Waals surface area (Å²) in [7, 11) is 0. The fourth-order valence-corrected chi connectivity index (χ4v) is 10.6. The van der Waals surface area contributed by atoms with Crippen molar-refractivity contribution in [2.24, 2.45) is 5.73 Å². The number of thioether (sulfide) groups is 1. The minimum absolute atomic E-state index is 0.0347. The maximum atomic E-state index is 14.7. The minimum Gasteiger partial charge on any atom is -0.394 e. The number of carbonyl (C=O) groups excluding carboxylic acids is 6. The molecule has 0 aromatic heterocycles. The molecule has 0 spiro atoms. The van der Waals surface area contributed by atoms with Crippen LogP contribution in [-0.4, -0.2) is 115 Å². The van der Waals surface area contributed by atoms with E-state index in [1.54, 1.807) is 6.29 Å². The molecule has 14 heteroatoms. The van der Waals surface area contributed by atoms with E-state index in [9.17, 15) is 49.2 Å². The van der Waals surface area contributed by atoms with Crippen LogP contribution in [0.3, 0.4) is 0 Å². The van der Waals surface area contributed by atoms with Crippen molar-refractivity contribution in [1.29, 1.82) is 0 Å². The predicted molar refractivity (Wildman–Crippen MR) is 305 cm³/mol. The Kier molecular flexibility index (Phi) is 48.8. The number of Topliss-reactive ketones (excluding diaryl/α,β-unsaturated/α-hetero) is 2. The molecule has 433 valence electrons. The highest BCUT2D eigenvalue weighted by Crippen LogP contribution is 2.29. The number of nitrogens with zero attached hydrogens (tertiary/aromatic N) is 1. The number of unbranched alkanes of at least 4 members (excludes halogenated alkanes) is 36. The molecule has 0 heterocycles. The lowest BCUT2D eigenvalue weighted by atomic mass is 9.80. The highest BCUT2D eigenvalue weighted by molar-refractivity contribution is 7.99. The van der Waals surface area contributed by atoms with E-state index < -0.39 is 72.3 Å². The number of nitrogens with one attached hydrogen (secondary N) is 1. The number of imide groups is 1. The van der Waals surface area contributed by atoms with E-state index in [0.29, 0.717) is 37.0 Å². The topological polar surface area (TPSA) is 225 Å². The number of carbonyl (C=O) groups is 5. The normalized spacial score (nSPS) is 14.0.